The van der Waals surface area contributed by atoms with Gasteiger partial charge in [0, 0.05) is 17.8 Å². The first-order valence-electron chi connectivity index (χ1n) is 6.79. The Balaban J connectivity index is 2.15. The summed E-state index contributed by atoms with van der Waals surface area (Å²) in [7, 11) is 1.71. The average molecular weight is 248 g/mol. The second kappa shape index (κ2) is 5.61. The van der Waals surface area contributed by atoms with Gasteiger partial charge in [0.25, 0.3) is 0 Å². The topological polar surface area (TPSA) is 47.3 Å². The molecule has 0 amide bonds. The number of nitrogens with two attached hydrogens (primary N) is 1. The van der Waals surface area contributed by atoms with E-state index in [1.165, 1.54) is 30.5 Å². The predicted octanol–water partition coefficient (Wildman–Crippen LogP) is 2.99. The average Bonchev–Trinajstić information content (AvgIpc) is 2.36. The van der Waals surface area contributed by atoms with E-state index in [1.807, 2.05) is 0 Å². The molecule has 100 valence electrons. The highest BCUT2D eigenvalue weighted by Crippen LogP contribution is 2.28. The Morgan fingerprint density at radius 3 is 2.56 bits per heavy atom. The van der Waals surface area contributed by atoms with Crippen molar-refractivity contribution in [2.75, 3.05) is 12.4 Å². The van der Waals surface area contributed by atoms with Gasteiger partial charge in [-0.15, -0.1) is 0 Å². The predicted molar refractivity (Wildman–Crippen MR) is 76.3 cm³/mol. The van der Waals surface area contributed by atoms with E-state index in [0.717, 1.165) is 17.7 Å². The van der Waals surface area contributed by atoms with Gasteiger partial charge >= 0.3 is 0 Å². The molecule has 0 aromatic heterocycles. The Labute approximate surface area is 110 Å². The van der Waals surface area contributed by atoms with Crippen LogP contribution in [0.5, 0.6) is 5.75 Å². The molecular formula is C15H24N2O. The van der Waals surface area contributed by atoms with Crippen molar-refractivity contribution in [3.63, 3.8) is 0 Å². The van der Waals surface area contributed by atoms with E-state index in [9.17, 15) is 0 Å². The molecule has 1 aromatic carbocycles. The number of hydrogen-bond donors (Lipinski definition) is 2. The molecule has 0 saturated heterocycles. The molecule has 1 saturated carbocycles. The van der Waals surface area contributed by atoms with Crippen molar-refractivity contribution >= 4 is 5.69 Å². The van der Waals surface area contributed by atoms with Gasteiger partial charge in [0.15, 0.2) is 0 Å². The van der Waals surface area contributed by atoms with Crippen LogP contribution in [-0.4, -0.2) is 19.2 Å². The van der Waals surface area contributed by atoms with Gasteiger partial charge in [-0.1, -0.05) is 12.8 Å². The van der Waals surface area contributed by atoms with Crippen LogP contribution < -0.4 is 15.8 Å². The summed E-state index contributed by atoms with van der Waals surface area (Å²) >= 11 is 0. The maximum Gasteiger partial charge on any atom is 0.122 e. The first-order chi connectivity index (χ1) is 8.61. The van der Waals surface area contributed by atoms with Crippen molar-refractivity contribution in [3.8, 4) is 5.75 Å². The third-order valence-corrected chi connectivity index (χ3v) is 3.90. The molecule has 1 aliphatic carbocycles. The minimum absolute atomic E-state index is 0.278. The minimum Gasteiger partial charge on any atom is -0.496 e. The van der Waals surface area contributed by atoms with E-state index >= 15 is 0 Å². The van der Waals surface area contributed by atoms with Crippen molar-refractivity contribution in [1.82, 2.24) is 0 Å². The Morgan fingerprint density at radius 1 is 1.17 bits per heavy atom. The summed E-state index contributed by atoms with van der Waals surface area (Å²) < 4.78 is 5.34. The third-order valence-electron chi connectivity index (χ3n) is 3.90. The zero-order chi connectivity index (χ0) is 13.1. The van der Waals surface area contributed by atoms with Crippen LogP contribution in [0.25, 0.3) is 0 Å². The smallest absolute Gasteiger partial charge is 0.122 e. The molecule has 0 radical (unpaired) electrons. The monoisotopic (exact) mass is 248 g/mol. The van der Waals surface area contributed by atoms with Crippen LogP contribution in [0.1, 0.15) is 36.8 Å². The number of hydrogen-bond acceptors (Lipinski definition) is 3. The summed E-state index contributed by atoms with van der Waals surface area (Å²) in [6.45, 7) is 4.18. The van der Waals surface area contributed by atoms with Crippen LogP contribution in [-0.2, 0) is 0 Å². The third kappa shape index (κ3) is 2.78. The number of nitrogens with one attached hydrogen (secondary N) is 1. The van der Waals surface area contributed by atoms with Crippen LogP contribution in [0.15, 0.2) is 12.1 Å². The first-order valence-corrected chi connectivity index (χ1v) is 6.79. The highest BCUT2D eigenvalue weighted by Gasteiger charge is 2.22. The maximum absolute atomic E-state index is 6.18. The molecular weight excluding hydrogens is 224 g/mol. The zero-order valence-electron chi connectivity index (χ0n) is 11.6. The molecule has 2 unspecified atom stereocenters. The Bertz CT molecular complexity index is 417. The molecule has 3 N–H and O–H groups in total. The fourth-order valence-corrected chi connectivity index (χ4v) is 2.70. The molecule has 1 fully saturated rings. The Morgan fingerprint density at radius 2 is 1.89 bits per heavy atom. The van der Waals surface area contributed by atoms with E-state index in [-0.39, 0.29) is 6.04 Å². The quantitative estimate of drug-likeness (QED) is 0.864. The summed E-state index contributed by atoms with van der Waals surface area (Å²) in [5.41, 5.74) is 9.75. The zero-order valence-corrected chi connectivity index (χ0v) is 11.6. The summed E-state index contributed by atoms with van der Waals surface area (Å²) in [4.78, 5) is 0. The lowest BCUT2D eigenvalue weighted by Gasteiger charge is -2.31. The van der Waals surface area contributed by atoms with Gasteiger partial charge in [0.05, 0.1) is 7.11 Å². The number of rotatable bonds is 3. The molecule has 0 aliphatic heterocycles. The largest absolute Gasteiger partial charge is 0.496 e. The summed E-state index contributed by atoms with van der Waals surface area (Å²) in [5.74, 6) is 0.950. The van der Waals surface area contributed by atoms with Crippen molar-refractivity contribution < 1.29 is 4.74 Å². The van der Waals surface area contributed by atoms with Crippen molar-refractivity contribution in [3.05, 3.63) is 23.3 Å². The molecule has 0 bridgehead atoms. The second-order valence-corrected chi connectivity index (χ2v) is 5.34. The van der Waals surface area contributed by atoms with Crippen LogP contribution in [0, 0.1) is 13.8 Å². The number of aryl methyl sites for hydroxylation is 2. The van der Waals surface area contributed by atoms with Gasteiger partial charge in [0.1, 0.15) is 5.75 Å². The van der Waals surface area contributed by atoms with Gasteiger partial charge < -0.3 is 15.8 Å². The molecule has 3 heteroatoms. The Kier molecular flexibility index (Phi) is 4.12. The first kappa shape index (κ1) is 13.2. The van der Waals surface area contributed by atoms with E-state index in [0.29, 0.717) is 6.04 Å². The molecule has 18 heavy (non-hydrogen) atoms. The number of ether oxygens (including phenoxy) is 1. The second-order valence-electron chi connectivity index (χ2n) is 5.34. The molecule has 2 atom stereocenters. The summed E-state index contributed by atoms with van der Waals surface area (Å²) in [6, 6.07) is 4.94. The minimum atomic E-state index is 0.278. The maximum atomic E-state index is 6.18. The van der Waals surface area contributed by atoms with Crippen LogP contribution >= 0.6 is 0 Å². The number of anilines is 1. The van der Waals surface area contributed by atoms with Crippen LogP contribution in [0.2, 0.25) is 0 Å². The molecule has 1 aromatic rings. The van der Waals surface area contributed by atoms with Crippen LogP contribution in [0.4, 0.5) is 5.69 Å². The SMILES string of the molecule is COc1cc(C)c(NC2CCCCC2N)cc1C. The van der Waals surface area contributed by atoms with Gasteiger partial charge in [-0.3, -0.25) is 0 Å². The molecule has 0 spiro atoms. The molecule has 1 aliphatic rings. The highest BCUT2D eigenvalue weighted by atomic mass is 16.5. The fraction of sp³-hybridized carbons (Fsp3) is 0.600. The molecule has 2 rings (SSSR count). The van der Waals surface area contributed by atoms with Gasteiger partial charge in [-0.2, -0.15) is 0 Å². The van der Waals surface area contributed by atoms with Gasteiger partial charge in [-0.25, -0.2) is 0 Å². The van der Waals surface area contributed by atoms with Gasteiger partial charge in [0.2, 0.25) is 0 Å². The Hall–Kier alpha value is -1.22. The van der Waals surface area contributed by atoms with E-state index < -0.39 is 0 Å². The van der Waals surface area contributed by atoms with Gasteiger partial charge in [-0.05, 0) is 49.9 Å². The lowest BCUT2D eigenvalue weighted by atomic mass is 9.90. The number of benzene rings is 1. The lowest BCUT2D eigenvalue weighted by Crippen LogP contribution is -2.42. The molecule has 0 heterocycles. The molecule has 3 nitrogen and oxygen atoms in total. The lowest BCUT2D eigenvalue weighted by molar-refractivity contribution is 0.403. The normalized spacial score (nSPS) is 23.8. The highest BCUT2D eigenvalue weighted by molar-refractivity contribution is 5.57. The standard InChI is InChI=1S/C15H24N2O/c1-10-9-15(18-3)11(2)8-14(10)17-13-7-5-4-6-12(13)16/h8-9,12-13,17H,4-7,16H2,1-3H3. The van der Waals surface area contributed by atoms with E-state index in [2.05, 4.69) is 31.3 Å². The number of methoxy groups -OCH3 is 1. The van der Waals surface area contributed by atoms with Crippen LogP contribution in [0.3, 0.4) is 0 Å². The van der Waals surface area contributed by atoms with E-state index in [1.54, 1.807) is 7.11 Å². The fourth-order valence-electron chi connectivity index (χ4n) is 2.70. The van der Waals surface area contributed by atoms with E-state index in [4.69, 9.17) is 10.5 Å². The van der Waals surface area contributed by atoms with Crippen molar-refractivity contribution in [2.24, 2.45) is 5.73 Å². The summed E-state index contributed by atoms with van der Waals surface area (Å²) in [5, 5.41) is 3.61. The summed E-state index contributed by atoms with van der Waals surface area (Å²) in [6.07, 6.45) is 4.84. The van der Waals surface area contributed by atoms with Crippen molar-refractivity contribution in [2.45, 2.75) is 51.6 Å². The van der Waals surface area contributed by atoms with Crippen molar-refractivity contribution in [1.29, 1.82) is 0 Å².